The van der Waals surface area contributed by atoms with Crippen LogP contribution < -0.4 is 4.90 Å². The Labute approximate surface area is 144 Å². The highest BCUT2D eigenvalue weighted by atomic mass is 16.3. The average molecular weight is 331 g/mol. The van der Waals surface area contributed by atoms with Gasteiger partial charge in [-0.3, -0.25) is 4.79 Å². The molecule has 2 aliphatic rings. The molecule has 0 aliphatic carbocycles. The van der Waals surface area contributed by atoms with E-state index in [1.807, 2.05) is 24.0 Å². The number of anilines is 1. The van der Waals surface area contributed by atoms with Crippen molar-refractivity contribution in [2.24, 2.45) is 11.8 Å². The van der Waals surface area contributed by atoms with Gasteiger partial charge in [-0.05, 0) is 50.7 Å². The topological polar surface area (TPSA) is 56.7 Å². The molecule has 3 rings (SSSR count). The van der Waals surface area contributed by atoms with Gasteiger partial charge in [0.05, 0.1) is 11.7 Å². The maximum absolute atomic E-state index is 12.6. The van der Waals surface area contributed by atoms with Gasteiger partial charge in [0.15, 0.2) is 0 Å². The van der Waals surface area contributed by atoms with E-state index >= 15 is 0 Å². The first kappa shape index (κ1) is 17.2. The van der Waals surface area contributed by atoms with Gasteiger partial charge in [-0.1, -0.05) is 6.92 Å². The smallest absolute Gasteiger partial charge is 0.255 e. The largest absolute Gasteiger partial charge is 0.393 e. The van der Waals surface area contributed by atoms with Crippen molar-refractivity contribution in [2.45, 2.75) is 45.6 Å². The number of pyridine rings is 1. The van der Waals surface area contributed by atoms with Gasteiger partial charge in [0.1, 0.15) is 5.82 Å². The molecule has 2 fully saturated rings. The van der Waals surface area contributed by atoms with E-state index in [9.17, 15) is 9.90 Å². The lowest BCUT2D eigenvalue weighted by Gasteiger charge is -2.35. The van der Waals surface area contributed by atoms with Crippen LogP contribution in [0.3, 0.4) is 0 Å². The number of nitrogens with zero attached hydrogens (tertiary/aromatic N) is 3. The van der Waals surface area contributed by atoms with Crippen LogP contribution in [0.5, 0.6) is 0 Å². The van der Waals surface area contributed by atoms with Crippen molar-refractivity contribution >= 4 is 11.7 Å². The number of aliphatic hydroxyl groups excluding tert-OH is 1. The van der Waals surface area contributed by atoms with E-state index in [0.29, 0.717) is 11.5 Å². The van der Waals surface area contributed by atoms with Crippen LogP contribution in [0.4, 0.5) is 5.82 Å². The summed E-state index contributed by atoms with van der Waals surface area (Å²) in [5.41, 5.74) is 0.678. The maximum Gasteiger partial charge on any atom is 0.255 e. The number of piperidine rings is 2. The van der Waals surface area contributed by atoms with Crippen LogP contribution in [0.25, 0.3) is 0 Å². The van der Waals surface area contributed by atoms with E-state index in [4.69, 9.17) is 0 Å². The first-order chi connectivity index (χ1) is 11.5. The van der Waals surface area contributed by atoms with Crippen molar-refractivity contribution in [3.05, 3.63) is 23.9 Å². The van der Waals surface area contributed by atoms with Crippen LogP contribution in [-0.4, -0.2) is 53.2 Å². The van der Waals surface area contributed by atoms with Crippen molar-refractivity contribution in [1.29, 1.82) is 0 Å². The lowest BCUT2D eigenvalue weighted by Crippen LogP contribution is -2.40. The third kappa shape index (κ3) is 3.89. The molecule has 2 saturated heterocycles. The number of hydrogen-bond donors (Lipinski definition) is 1. The number of carbonyl (C=O) groups excluding carboxylic acids is 1. The number of aliphatic hydroxyl groups is 1. The normalized spacial score (nSPS) is 24.0. The van der Waals surface area contributed by atoms with Crippen molar-refractivity contribution in [2.75, 3.05) is 31.1 Å². The van der Waals surface area contributed by atoms with Gasteiger partial charge in [0, 0.05) is 38.3 Å². The minimum atomic E-state index is -0.282. The Balaban J connectivity index is 1.63. The summed E-state index contributed by atoms with van der Waals surface area (Å²) in [6.45, 7) is 7.61. The van der Waals surface area contributed by atoms with Crippen LogP contribution >= 0.6 is 0 Å². The average Bonchev–Trinajstić information content (AvgIpc) is 2.62. The summed E-state index contributed by atoms with van der Waals surface area (Å²) >= 11 is 0. The molecule has 5 nitrogen and oxygen atoms in total. The van der Waals surface area contributed by atoms with Gasteiger partial charge in [0.25, 0.3) is 5.91 Å². The molecule has 2 aliphatic heterocycles. The molecular weight excluding hydrogens is 302 g/mol. The number of amides is 1. The fourth-order valence-electron chi connectivity index (χ4n) is 3.71. The van der Waals surface area contributed by atoms with Gasteiger partial charge in [0.2, 0.25) is 0 Å². The molecule has 1 aromatic heterocycles. The predicted molar refractivity (Wildman–Crippen MR) is 95.2 cm³/mol. The second kappa shape index (κ2) is 7.51. The number of hydrogen-bond acceptors (Lipinski definition) is 4. The third-order valence-electron chi connectivity index (χ3n) is 5.53. The molecule has 1 amide bonds. The standard InChI is InChI=1S/C19H29N3O2/c1-14-7-10-21(11-8-14)19(24)16-5-6-18(20-12-16)22-9-3-4-17(13-22)15(2)23/h5-6,12,14-15,17,23H,3-4,7-11,13H2,1-2H3. The minimum Gasteiger partial charge on any atom is -0.393 e. The summed E-state index contributed by atoms with van der Waals surface area (Å²) in [4.78, 5) is 21.3. The van der Waals surface area contributed by atoms with Crippen molar-refractivity contribution in [1.82, 2.24) is 9.88 Å². The molecule has 5 heteroatoms. The van der Waals surface area contributed by atoms with Crippen molar-refractivity contribution in [3.63, 3.8) is 0 Å². The Morgan fingerprint density at radius 1 is 1.25 bits per heavy atom. The second-order valence-electron chi connectivity index (χ2n) is 7.47. The van der Waals surface area contributed by atoms with Crippen LogP contribution in [0.1, 0.15) is 49.9 Å². The zero-order chi connectivity index (χ0) is 17.1. The van der Waals surface area contributed by atoms with Crippen LogP contribution in [0.15, 0.2) is 18.3 Å². The van der Waals surface area contributed by atoms with E-state index in [1.165, 1.54) is 0 Å². The Morgan fingerprint density at radius 3 is 2.62 bits per heavy atom. The Bertz CT molecular complexity index is 550. The SMILES string of the molecule is CC1CCN(C(=O)c2ccc(N3CCCC(C(C)O)C3)nc2)CC1. The van der Waals surface area contributed by atoms with Crippen molar-refractivity contribution in [3.8, 4) is 0 Å². The van der Waals surface area contributed by atoms with E-state index in [0.717, 1.165) is 63.6 Å². The Kier molecular flexibility index (Phi) is 5.39. The molecule has 1 aromatic rings. The highest BCUT2D eigenvalue weighted by Crippen LogP contribution is 2.24. The molecule has 1 N–H and O–H groups in total. The van der Waals surface area contributed by atoms with E-state index in [2.05, 4.69) is 16.8 Å². The first-order valence-electron chi connectivity index (χ1n) is 9.23. The summed E-state index contributed by atoms with van der Waals surface area (Å²) in [5, 5.41) is 9.82. The summed E-state index contributed by atoms with van der Waals surface area (Å²) in [6.07, 6.45) is 5.75. The fourth-order valence-corrected chi connectivity index (χ4v) is 3.71. The number of rotatable bonds is 3. The van der Waals surface area contributed by atoms with Crippen LogP contribution in [0.2, 0.25) is 0 Å². The predicted octanol–water partition coefficient (Wildman–Crippen LogP) is 2.55. The van der Waals surface area contributed by atoms with E-state index in [1.54, 1.807) is 6.20 Å². The minimum absolute atomic E-state index is 0.0986. The molecule has 0 bridgehead atoms. The number of aromatic nitrogens is 1. The zero-order valence-corrected chi connectivity index (χ0v) is 14.8. The van der Waals surface area contributed by atoms with Gasteiger partial charge in [-0.2, -0.15) is 0 Å². The lowest BCUT2D eigenvalue weighted by atomic mass is 9.93. The van der Waals surface area contributed by atoms with Gasteiger partial charge >= 0.3 is 0 Å². The molecule has 0 radical (unpaired) electrons. The summed E-state index contributed by atoms with van der Waals surface area (Å²) < 4.78 is 0. The Morgan fingerprint density at radius 2 is 2.00 bits per heavy atom. The monoisotopic (exact) mass is 331 g/mol. The molecule has 2 atom stereocenters. The molecule has 2 unspecified atom stereocenters. The van der Waals surface area contributed by atoms with Crippen LogP contribution in [0, 0.1) is 11.8 Å². The second-order valence-corrected chi connectivity index (χ2v) is 7.47. The quantitative estimate of drug-likeness (QED) is 0.925. The molecule has 0 spiro atoms. The zero-order valence-electron chi connectivity index (χ0n) is 14.8. The first-order valence-corrected chi connectivity index (χ1v) is 9.23. The third-order valence-corrected chi connectivity index (χ3v) is 5.53. The van der Waals surface area contributed by atoms with E-state index in [-0.39, 0.29) is 12.0 Å². The maximum atomic E-state index is 12.6. The van der Waals surface area contributed by atoms with Crippen molar-refractivity contribution < 1.29 is 9.90 Å². The number of carbonyl (C=O) groups is 1. The highest BCUT2D eigenvalue weighted by molar-refractivity contribution is 5.94. The number of likely N-dealkylation sites (tertiary alicyclic amines) is 1. The molecule has 0 saturated carbocycles. The van der Waals surface area contributed by atoms with Gasteiger partial charge < -0.3 is 14.9 Å². The fraction of sp³-hybridized carbons (Fsp3) is 0.684. The molecule has 3 heterocycles. The summed E-state index contributed by atoms with van der Waals surface area (Å²) in [7, 11) is 0. The summed E-state index contributed by atoms with van der Waals surface area (Å²) in [5.74, 6) is 2.03. The van der Waals surface area contributed by atoms with Crippen LogP contribution in [-0.2, 0) is 0 Å². The highest BCUT2D eigenvalue weighted by Gasteiger charge is 2.25. The molecule has 132 valence electrons. The van der Waals surface area contributed by atoms with Gasteiger partial charge in [-0.15, -0.1) is 0 Å². The molecular formula is C19H29N3O2. The summed E-state index contributed by atoms with van der Waals surface area (Å²) in [6, 6.07) is 3.85. The molecule has 0 aromatic carbocycles. The molecule has 24 heavy (non-hydrogen) atoms. The lowest BCUT2D eigenvalue weighted by molar-refractivity contribution is 0.0697. The van der Waals surface area contributed by atoms with Gasteiger partial charge in [-0.25, -0.2) is 4.98 Å². The Hall–Kier alpha value is -1.62. The van der Waals surface area contributed by atoms with E-state index < -0.39 is 0 Å².